The molecule has 1 heteroatoms. The van der Waals surface area contributed by atoms with Crippen LogP contribution in [0.2, 0.25) is 12.1 Å². The highest BCUT2D eigenvalue weighted by molar-refractivity contribution is 6.73. The summed E-state index contributed by atoms with van der Waals surface area (Å²) in [5.74, 6) is 0. The van der Waals surface area contributed by atoms with E-state index in [0.29, 0.717) is 0 Å². The lowest BCUT2D eigenvalue weighted by molar-refractivity contribution is 0.623. The molecule has 0 N–H and O–H groups in total. The largest absolute Gasteiger partial charge is 0.0708 e. The number of unbranched alkanes of at least 4 members (excludes halogenated alkanes) is 5. The molecule has 0 amide bonds. The van der Waals surface area contributed by atoms with Crippen LogP contribution in [-0.4, -0.2) is 8.80 Å². The van der Waals surface area contributed by atoms with E-state index >= 15 is 0 Å². The van der Waals surface area contributed by atoms with Gasteiger partial charge in [0.1, 0.15) is 0 Å². The van der Waals surface area contributed by atoms with Crippen molar-refractivity contribution < 1.29 is 0 Å². The summed E-state index contributed by atoms with van der Waals surface area (Å²) in [7, 11) is -0.792. The van der Waals surface area contributed by atoms with Crippen molar-refractivity contribution in [1.82, 2.24) is 0 Å². The van der Waals surface area contributed by atoms with Crippen molar-refractivity contribution in [2.45, 2.75) is 70.4 Å². The minimum Gasteiger partial charge on any atom is -0.0654 e. The SMILES string of the molecule is CCCCCCCC[SiH](CCCc1ccccc1)c1ccccc1. The lowest BCUT2D eigenvalue weighted by atomic mass is 10.1. The van der Waals surface area contributed by atoms with Crippen LogP contribution in [0.4, 0.5) is 0 Å². The van der Waals surface area contributed by atoms with Gasteiger partial charge in [-0.3, -0.25) is 0 Å². The summed E-state index contributed by atoms with van der Waals surface area (Å²) >= 11 is 0. The smallest absolute Gasteiger partial charge is 0.0654 e. The zero-order valence-electron chi connectivity index (χ0n) is 15.4. The van der Waals surface area contributed by atoms with Gasteiger partial charge in [-0.2, -0.15) is 0 Å². The third-order valence-corrected chi connectivity index (χ3v) is 8.58. The Hall–Kier alpha value is -1.34. The lowest BCUT2D eigenvalue weighted by Crippen LogP contribution is -2.29. The molecular formula is C23H34Si. The molecule has 130 valence electrons. The van der Waals surface area contributed by atoms with Gasteiger partial charge < -0.3 is 0 Å². The van der Waals surface area contributed by atoms with Gasteiger partial charge in [0, 0.05) is 0 Å². The van der Waals surface area contributed by atoms with Crippen molar-refractivity contribution in [3.8, 4) is 0 Å². The van der Waals surface area contributed by atoms with Crippen molar-refractivity contribution in [3.05, 3.63) is 66.2 Å². The minimum absolute atomic E-state index is 0.792. The molecule has 0 aromatic heterocycles. The van der Waals surface area contributed by atoms with Gasteiger partial charge in [0.15, 0.2) is 0 Å². The highest BCUT2D eigenvalue weighted by Crippen LogP contribution is 2.14. The number of rotatable bonds is 12. The molecule has 0 fully saturated rings. The van der Waals surface area contributed by atoms with Crippen LogP contribution in [0.25, 0.3) is 0 Å². The molecule has 0 radical (unpaired) electrons. The maximum absolute atomic E-state index is 2.39. The minimum atomic E-state index is -0.792. The summed E-state index contributed by atoms with van der Waals surface area (Å²) in [4.78, 5) is 0. The van der Waals surface area contributed by atoms with E-state index in [9.17, 15) is 0 Å². The average Bonchev–Trinajstić information content (AvgIpc) is 2.64. The van der Waals surface area contributed by atoms with E-state index in [1.165, 1.54) is 69.0 Å². The van der Waals surface area contributed by atoms with E-state index in [-0.39, 0.29) is 0 Å². The molecule has 0 saturated carbocycles. The van der Waals surface area contributed by atoms with Crippen LogP contribution >= 0.6 is 0 Å². The lowest BCUT2D eigenvalue weighted by Gasteiger charge is -2.16. The summed E-state index contributed by atoms with van der Waals surface area (Å²) < 4.78 is 0. The number of benzene rings is 2. The summed E-state index contributed by atoms with van der Waals surface area (Å²) in [5.41, 5.74) is 1.50. The summed E-state index contributed by atoms with van der Waals surface area (Å²) in [6, 6.07) is 25.3. The van der Waals surface area contributed by atoms with Crippen LogP contribution in [0, 0.1) is 0 Å². The van der Waals surface area contributed by atoms with Crippen molar-refractivity contribution in [2.24, 2.45) is 0 Å². The van der Waals surface area contributed by atoms with Gasteiger partial charge in [0.25, 0.3) is 0 Å². The van der Waals surface area contributed by atoms with Crippen LogP contribution in [0.15, 0.2) is 60.7 Å². The predicted molar refractivity (Wildman–Crippen MR) is 111 cm³/mol. The van der Waals surface area contributed by atoms with Crippen LogP contribution in [-0.2, 0) is 6.42 Å². The predicted octanol–water partition coefficient (Wildman–Crippen LogP) is 6.11. The molecule has 0 spiro atoms. The third kappa shape index (κ3) is 7.48. The Morgan fingerprint density at radius 2 is 1.21 bits per heavy atom. The molecule has 2 aromatic carbocycles. The molecule has 1 unspecified atom stereocenters. The molecule has 0 saturated heterocycles. The van der Waals surface area contributed by atoms with E-state index in [1.807, 2.05) is 0 Å². The molecule has 1 atom stereocenters. The van der Waals surface area contributed by atoms with Gasteiger partial charge in [-0.25, -0.2) is 0 Å². The fourth-order valence-corrected chi connectivity index (χ4v) is 6.77. The van der Waals surface area contributed by atoms with Crippen LogP contribution in [0.1, 0.15) is 57.4 Å². The molecule has 0 bridgehead atoms. The zero-order valence-corrected chi connectivity index (χ0v) is 16.6. The Kier molecular flexibility index (Phi) is 9.56. The van der Waals surface area contributed by atoms with E-state index in [0.717, 1.165) is 0 Å². The van der Waals surface area contributed by atoms with Gasteiger partial charge in [0.2, 0.25) is 0 Å². The fraction of sp³-hybridized carbons (Fsp3) is 0.478. The monoisotopic (exact) mass is 338 g/mol. The van der Waals surface area contributed by atoms with Gasteiger partial charge in [-0.15, -0.1) is 0 Å². The highest BCUT2D eigenvalue weighted by atomic mass is 28.3. The molecule has 0 aliphatic heterocycles. The molecule has 0 aliphatic rings. The first-order valence-corrected chi connectivity index (χ1v) is 12.2. The zero-order chi connectivity index (χ0) is 16.9. The first-order valence-electron chi connectivity index (χ1n) is 9.99. The quantitative estimate of drug-likeness (QED) is 0.323. The Balaban J connectivity index is 1.77. The average molecular weight is 339 g/mol. The van der Waals surface area contributed by atoms with Crippen LogP contribution in [0.3, 0.4) is 0 Å². The van der Waals surface area contributed by atoms with Crippen molar-refractivity contribution in [2.75, 3.05) is 0 Å². The Labute approximate surface area is 150 Å². The van der Waals surface area contributed by atoms with E-state index in [4.69, 9.17) is 0 Å². The molecule has 2 aromatic rings. The van der Waals surface area contributed by atoms with E-state index < -0.39 is 8.80 Å². The maximum Gasteiger partial charge on any atom is 0.0708 e. The molecule has 0 aliphatic carbocycles. The van der Waals surface area contributed by atoms with Crippen LogP contribution < -0.4 is 5.19 Å². The molecule has 24 heavy (non-hydrogen) atoms. The molecule has 0 heterocycles. The standard InChI is InChI=1S/C23H34Si/c1-2-3-4-5-6-13-20-24(23-18-11-8-12-19-23)21-14-17-22-15-9-7-10-16-22/h7-12,15-16,18-19,24H,2-6,13-14,17,20-21H2,1H3. The van der Waals surface area contributed by atoms with Gasteiger partial charge in [0.05, 0.1) is 8.80 Å². The summed E-state index contributed by atoms with van der Waals surface area (Å²) in [5, 5.41) is 1.68. The van der Waals surface area contributed by atoms with Gasteiger partial charge >= 0.3 is 0 Å². The summed E-state index contributed by atoms with van der Waals surface area (Å²) in [6.07, 6.45) is 11.1. The van der Waals surface area contributed by atoms with E-state index in [2.05, 4.69) is 67.6 Å². The van der Waals surface area contributed by atoms with Gasteiger partial charge in [-0.1, -0.05) is 130 Å². The van der Waals surface area contributed by atoms with Crippen molar-refractivity contribution in [3.63, 3.8) is 0 Å². The van der Waals surface area contributed by atoms with Crippen molar-refractivity contribution in [1.29, 1.82) is 0 Å². The number of hydrogen-bond donors (Lipinski definition) is 0. The molecule has 0 nitrogen and oxygen atoms in total. The second-order valence-corrected chi connectivity index (χ2v) is 10.3. The van der Waals surface area contributed by atoms with E-state index in [1.54, 1.807) is 5.19 Å². The molecular weight excluding hydrogens is 304 g/mol. The maximum atomic E-state index is 2.39. The highest BCUT2D eigenvalue weighted by Gasteiger charge is 2.12. The van der Waals surface area contributed by atoms with Gasteiger partial charge in [-0.05, 0) is 12.0 Å². The first-order chi connectivity index (χ1) is 11.9. The van der Waals surface area contributed by atoms with Crippen LogP contribution in [0.5, 0.6) is 0 Å². The fourth-order valence-electron chi connectivity index (χ4n) is 3.57. The topological polar surface area (TPSA) is 0 Å². The Morgan fingerprint density at radius 3 is 1.92 bits per heavy atom. The third-order valence-electron chi connectivity index (χ3n) is 5.04. The second-order valence-electron chi connectivity index (χ2n) is 7.04. The summed E-state index contributed by atoms with van der Waals surface area (Å²) in [6.45, 7) is 2.30. The first kappa shape index (κ1) is 19.0. The molecule has 2 rings (SSSR count). The number of aryl methyl sites for hydroxylation is 1. The Bertz CT molecular complexity index is 520. The Morgan fingerprint density at radius 1 is 0.625 bits per heavy atom. The van der Waals surface area contributed by atoms with Crippen molar-refractivity contribution >= 4 is 14.0 Å². The second kappa shape index (κ2) is 12.1. The number of hydrogen-bond acceptors (Lipinski definition) is 0. The normalized spacial score (nSPS) is 12.2.